The first-order chi connectivity index (χ1) is 4.25. The molecule has 0 bridgehead atoms. The molecule has 0 radical (unpaired) electrons. The van der Waals surface area contributed by atoms with Gasteiger partial charge >= 0.3 is 0 Å². The van der Waals surface area contributed by atoms with Gasteiger partial charge in [-0.15, -0.1) is 0 Å². The van der Waals surface area contributed by atoms with E-state index in [1.165, 1.54) is 0 Å². The quantitative estimate of drug-likeness (QED) is 0.638. The molecule has 4 heteroatoms. The Morgan fingerprint density at radius 2 is 2.44 bits per heavy atom. The zero-order valence-corrected chi connectivity index (χ0v) is 5.81. The lowest BCUT2D eigenvalue weighted by Gasteiger charge is -1.76. The van der Waals surface area contributed by atoms with Crippen molar-refractivity contribution >= 4 is 22.2 Å². The standard InChI is InChI=1S/C5H2BrFO2/c6-5-4(7)3(1-8)2-9-5/h1-2H. The van der Waals surface area contributed by atoms with Crippen LogP contribution in [0.1, 0.15) is 10.4 Å². The van der Waals surface area contributed by atoms with Gasteiger partial charge in [-0.05, 0) is 15.9 Å². The predicted octanol–water partition coefficient (Wildman–Crippen LogP) is 1.99. The van der Waals surface area contributed by atoms with Gasteiger partial charge in [-0.1, -0.05) is 0 Å². The molecular formula is C5H2BrFO2. The minimum absolute atomic E-state index is 0.0374. The summed E-state index contributed by atoms with van der Waals surface area (Å²) in [5.74, 6) is -0.648. The van der Waals surface area contributed by atoms with Crippen LogP contribution in [-0.2, 0) is 0 Å². The van der Waals surface area contributed by atoms with Crippen LogP contribution in [0, 0.1) is 5.82 Å². The monoisotopic (exact) mass is 192 g/mol. The SMILES string of the molecule is O=Cc1coc(Br)c1F. The highest BCUT2D eigenvalue weighted by molar-refractivity contribution is 9.10. The molecule has 0 aliphatic heterocycles. The molecule has 0 atom stereocenters. The van der Waals surface area contributed by atoms with E-state index >= 15 is 0 Å². The summed E-state index contributed by atoms with van der Waals surface area (Å²) in [4.78, 5) is 9.92. The molecule has 1 aromatic rings. The van der Waals surface area contributed by atoms with E-state index < -0.39 is 5.82 Å². The lowest BCUT2D eigenvalue weighted by molar-refractivity contribution is 0.111. The topological polar surface area (TPSA) is 30.2 Å². The van der Waals surface area contributed by atoms with Crippen molar-refractivity contribution in [3.63, 3.8) is 0 Å². The van der Waals surface area contributed by atoms with Gasteiger partial charge in [0.25, 0.3) is 0 Å². The van der Waals surface area contributed by atoms with Gasteiger partial charge in [0.05, 0.1) is 5.56 Å². The maximum Gasteiger partial charge on any atom is 0.205 e. The normalized spacial score (nSPS) is 9.56. The Balaban J connectivity index is 3.18. The number of rotatable bonds is 1. The second-order valence-corrected chi connectivity index (χ2v) is 2.12. The van der Waals surface area contributed by atoms with Crippen LogP contribution in [0.2, 0.25) is 0 Å². The van der Waals surface area contributed by atoms with Crippen LogP contribution < -0.4 is 0 Å². The Kier molecular flexibility index (Phi) is 1.66. The Bertz CT molecular complexity index is 231. The van der Waals surface area contributed by atoms with E-state index in [1.54, 1.807) is 0 Å². The highest BCUT2D eigenvalue weighted by Gasteiger charge is 2.08. The van der Waals surface area contributed by atoms with Crippen molar-refractivity contribution in [1.82, 2.24) is 0 Å². The Morgan fingerprint density at radius 3 is 2.67 bits per heavy atom. The van der Waals surface area contributed by atoms with Gasteiger partial charge in [-0.2, -0.15) is 0 Å². The summed E-state index contributed by atoms with van der Waals surface area (Å²) >= 11 is 2.76. The molecular weight excluding hydrogens is 191 g/mol. The summed E-state index contributed by atoms with van der Waals surface area (Å²) in [6.07, 6.45) is 1.44. The summed E-state index contributed by atoms with van der Waals surface area (Å²) in [7, 11) is 0. The number of hydrogen-bond acceptors (Lipinski definition) is 2. The van der Waals surface area contributed by atoms with Crippen LogP contribution in [0.3, 0.4) is 0 Å². The molecule has 0 spiro atoms. The van der Waals surface area contributed by atoms with E-state index in [1.807, 2.05) is 0 Å². The molecule has 0 saturated carbocycles. The summed E-state index contributed by atoms with van der Waals surface area (Å²) < 4.78 is 16.8. The second-order valence-electron chi connectivity index (χ2n) is 1.40. The average molecular weight is 193 g/mol. The molecule has 0 unspecified atom stereocenters. The van der Waals surface area contributed by atoms with Crippen LogP contribution in [-0.4, -0.2) is 6.29 Å². The van der Waals surface area contributed by atoms with Crippen LogP contribution >= 0.6 is 15.9 Å². The van der Waals surface area contributed by atoms with Crippen LogP contribution in [0.4, 0.5) is 4.39 Å². The Hall–Kier alpha value is -0.640. The van der Waals surface area contributed by atoms with Crippen LogP contribution in [0.25, 0.3) is 0 Å². The Morgan fingerprint density at radius 1 is 1.78 bits per heavy atom. The van der Waals surface area contributed by atoms with Crippen molar-refractivity contribution in [3.05, 3.63) is 22.3 Å². The van der Waals surface area contributed by atoms with E-state index in [0.717, 1.165) is 6.26 Å². The fourth-order valence-electron chi connectivity index (χ4n) is 0.412. The molecule has 0 fully saturated rings. The largest absolute Gasteiger partial charge is 0.454 e. The van der Waals surface area contributed by atoms with E-state index in [2.05, 4.69) is 20.3 Å². The van der Waals surface area contributed by atoms with Gasteiger partial charge in [0.2, 0.25) is 4.67 Å². The number of hydrogen-bond donors (Lipinski definition) is 0. The first-order valence-electron chi connectivity index (χ1n) is 2.13. The van der Waals surface area contributed by atoms with Crippen molar-refractivity contribution in [3.8, 4) is 0 Å². The number of furan rings is 1. The molecule has 0 aromatic carbocycles. The maximum atomic E-state index is 12.4. The fourth-order valence-corrected chi connectivity index (χ4v) is 0.734. The van der Waals surface area contributed by atoms with Gasteiger partial charge in [-0.3, -0.25) is 4.79 Å². The number of carbonyl (C=O) groups excluding carboxylic acids is 1. The van der Waals surface area contributed by atoms with E-state index in [0.29, 0.717) is 6.29 Å². The van der Waals surface area contributed by atoms with Gasteiger partial charge in [0.15, 0.2) is 12.1 Å². The summed E-state index contributed by atoms with van der Waals surface area (Å²) in [6, 6.07) is 0. The molecule has 0 aliphatic rings. The van der Waals surface area contributed by atoms with Crippen molar-refractivity contribution in [2.45, 2.75) is 0 Å². The molecule has 0 amide bonds. The smallest absolute Gasteiger partial charge is 0.205 e. The third kappa shape index (κ3) is 1.03. The van der Waals surface area contributed by atoms with E-state index in [-0.39, 0.29) is 10.2 Å². The highest BCUT2D eigenvalue weighted by atomic mass is 79.9. The zero-order valence-electron chi connectivity index (χ0n) is 4.23. The highest BCUT2D eigenvalue weighted by Crippen LogP contribution is 2.18. The van der Waals surface area contributed by atoms with Gasteiger partial charge in [0, 0.05) is 0 Å². The van der Waals surface area contributed by atoms with E-state index in [4.69, 9.17) is 0 Å². The van der Waals surface area contributed by atoms with Crippen LogP contribution in [0.15, 0.2) is 15.3 Å². The third-order valence-electron chi connectivity index (χ3n) is 0.842. The van der Waals surface area contributed by atoms with Gasteiger partial charge < -0.3 is 4.42 Å². The summed E-state index contributed by atoms with van der Waals surface area (Å²) in [5, 5.41) is 0. The van der Waals surface area contributed by atoms with E-state index in [9.17, 15) is 9.18 Å². The third-order valence-corrected chi connectivity index (χ3v) is 1.38. The minimum Gasteiger partial charge on any atom is -0.454 e. The van der Waals surface area contributed by atoms with Crippen molar-refractivity contribution in [1.29, 1.82) is 0 Å². The molecule has 48 valence electrons. The molecule has 1 aromatic heterocycles. The van der Waals surface area contributed by atoms with Gasteiger partial charge in [-0.25, -0.2) is 4.39 Å². The minimum atomic E-state index is -0.648. The molecule has 0 saturated heterocycles. The average Bonchev–Trinajstić information content (AvgIpc) is 2.15. The molecule has 1 rings (SSSR count). The van der Waals surface area contributed by atoms with Crippen molar-refractivity contribution in [2.24, 2.45) is 0 Å². The predicted molar refractivity (Wildman–Crippen MR) is 31.8 cm³/mol. The van der Waals surface area contributed by atoms with Crippen LogP contribution in [0.5, 0.6) is 0 Å². The molecule has 1 heterocycles. The summed E-state index contributed by atoms with van der Waals surface area (Å²) in [5.41, 5.74) is -0.0677. The Labute approximate surface area is 58.8 Å². The number of carbonyl (C=O) groups is 1. The molecule has 2 nitrogen and oxygen atoms in total. The maximum absolute atomic E-state index is 12.4. The number of halogens is 2. The lowest BCUT2D eigenvalue weighted by atomic mass is 10.4. The van der Waals surface area contributed by atoms with Gasteiger partial charge in [0.1, 0.15) is 6.26 Å². The molecule has 0 aliphatic carbocycles. The molecule has 0 N–H and O–H groups in total. The number of aldehydes is 1. The molecule has 9 heavy (non-hydrogen) atoms. The zero-order chi connectivity index (χ0) is 6.85. The van der Waals surface area contributed by atoms with Crippen molar-refractivity contribution < 1.29 is 13.6 Å². The second kappa shape index (κ2) is 2.31. The fraction of sp³-hybridized carbons (Fsp3) is 0. The first kappa shape index (κ1) is 6.48. The van der Waals surface area contributed by atoms with Crippen molar-refractivity contribution in [2.75, 3.05) is 0 Å². The summed E-state index contributed by atoms with van der Waals surface area (Å²) in [6.45, 7) is 0. The lowest BCUT2D eigenvalue weighted by Crippen LogP contribution is -1.77. The first-order valence-corrected chi connectivity index (χ1v) is 2.92.